The first-order valence-electron chi connectivity index (χ1n) is 6.89. The molecule has 1 heterocycles. The number of aryl methyl sites for hydroxylation is 1. The third kappa shape index (κ3) is 3.95. The summed E-state index contributed by atoms with van der Waals surface area (Å²) < 4.78 is 0. The summed E-state index contributed by atoms with van der Waals surface area (Å²) in [6.07, 6.45) is 5.53. The van der Waals surface area contributed by atoms with Crippen molar-refractivity contribution >= 4 is 5.95 Å². The van der Waals surface area contributed by atoms with Crippen molar-refractivity contribution in [2.75, 3.05) is 11.4 Å². The monoisotopic (exact) mass is 250 g/mol. The minimum atomic E-state index is 0.421. The van der Waals surface area contributed by atoms with Crippen molar-refractivity contribution in [1.82, 2.24) is 9.97 Å². The van der Waals surface area contributed by atoms with E-state index in [1.165, 1.54) is 19.3 Å². The van der Waals surface area contributed by atoms with Gasteiger partial charge in [0, 0.05) is 36.6 Å². The van der Waals surface area contributed by atoms with Gasteiger partial charge in [-0.25, -0.2) is 9.97 Å². The summed E-state index contributed by atoms with van der Waals surface area (Å²) in [7, 11) is 0. The van der Waals surface area contributed by atoms with Crippen molar-refractivity contribution < 1.29 is 0 Å². The van der Waals surface area contributed by atoms with Crippen LogP contribution in [-0.2, 0) is 6.54 Å². The Morgan fingerprint density at radius 2 is 2.06 bits per heavy atom. The third-order valence-electron chi connectivity index (χ3n) is 3.17. The summed E-state index contributed by atoms with van der Waals surface area (Å²) in [6.45, 7) is 10.1. The van der Waals surface area contributed by atoms with Crippen molar-refractivity contribution in [3.8, 4) is 0 Å². The Morgan fingerprint density at radius 3 is 2.56 bits per heavy atom. The van der Waals surface area contributed by atoms with Gasteiger partial charge in [0.15, 0.2) is 0 Å². The summed E-state index contributed by atoms with van der Waals surface area (Å²) in [5.41, 5.74) is 7.65. The normalized spacial score (nSPS) is 11.0. The van der Waals surface area contributed by atoms with Crippen LogP contribution in [0.15, 0.2) is 6.20 Å². The zero-order chi connectivity index (χ0) is 13.5. The second kappa shape index (κ2) is 7.31. The molecule has 0 amide bonds. The Balaban J connectivity index is 2.82. The molecule has 4 heteroatoms. The van der Waals surface area contributed by atoms with Gasteiger partial charge in [-0.3, -0.25) is 0 Å². The van der Waals surface area contributed by atoms with Gasteiger partial charge in [0.2, 0.25) is 5.95 Å². The summed E-state index contributed by atoms with van der Waals surface area (Å²) in [4.78, 5) is 11.3. The number of nitrogens with zero attached hydrogens (tertiary/aromatic N) is 3. The first kappa shape index (κ1) is 14.9. The van der Waals surface area contributed by atoms with Crippen LogP contribution < -0.4 is 10.6 Å². The Labute approximate surface area is 111 Å². The molecule has 102 valence electrons. The lowest BCUT2D eigenvalue weighted by atomic mass is 10.2. The second-order valence-corrected chi connectivity index (χ2v) is 4.98. The number of hydrogen-bond donors (Lipinski definition) is 1. The van der Waals surface area contributed by atoms with Crippen LogP contribution in [0.1, 0.15) is 51.3 Å². The van der Waals surface area contributed by atoms with Gasteiger partial charge in [-0.2, -0.15) is 0 Å². The zero-order valence-electron chi connectivity index (χ0n) is 12.1. The fourth-order valence-corrected chi connectivity index (χ4v) is 1.94. The van der Waals surface area contributed by atoms with E-state index in [2.05, 4.69) is 35.6 Å². The summed E-state index contributed by atoms with van der Waals surface area (Å²) >= 11 is 0. The number of rotatable bonds is 7. The number of nitrogens with two attached hydrogens (primary N) is 1. The molecule has 0 fully saturated rings. The predicted octanol–water partition coefficient (Wildman–Crippen LogP) is 2.65. The molecular formula is C14H26N4. The average Bonchev–Trinajstić information content (AvgIpc) is 2.34. The molecule has 0 unspecified atom stereocenters. The molecule has 18 heavy (non-hydrogen) atoms. The minimum Gasteiger partial charge on any atom is -0.338 e. The van der Waals surface area contributed by atoms with E-state index in [9.17, 15) is 0 Å². The van der Waals surface area contributed by atoms with E-state index in [1.807, 2.05) is 13.1 Å². The lowest BCUT2D eigenvalue weighted by molar-refractivity contribution is 0.611. The fourth-order valence-electron chi connectivity index (χ4n) is 1.94. The zero-order valence-corrected chi connectivity index (χ0v) is 12.1. The van der Waals surface area contributed by atoms with E-state index >= 15 is 0 Å². The topological polar surface area (TPSA) is 55.0 Å². The van der Waals surface area contributed by atoms with Gasteiger partial charge in [-0.15, -0.1) is 0 Å². The SMILES string of the molecule is CCCCCN(c1ncc(CN)c(C)n1)C(C)C. The molecule has 0 atom stereocenters. The maximum atomic E-state index is 5.64. The lowest BCUT2D eigenvalue weighted by Gasteiger charge is -2.27. The van der Waals surface area contributed by atoms with Crippen LogP contribution in [-0.4, -0.2) is 22.6 Å². The Bertz CT molecular complexity index is 363. The fraction of sp³-hybridized carbons (Fsp3) is 0.714. The summed E-state index contributed by atoms with van der Waals surface area (Å²) in [5.74, 6) is 0.829. The molecule has 0 aliphatic carbocycles. The van der Waals surface area contributed by atoms with Gasteiger partial charge in [-0.05, 0) is 27.2 Å². The van der Waals surface area contributed by atoms with Crippen LogP contribution in [0.25, 0.3) is 0 Å². The predicted molar refractivity (Wildman–Crippen MR) is 76.7 cm³/mol. The van der Waals surface area contributed by atoms with Crippen molar-refractivity contribution in [3.05, 3.63) is 17.5 Å². The number of aromatic nitrogens is 2. The smallest absolute Gasteiger partial charge is 0.225 e. The highest BCUT2D eigenvalue weighted by Gasteiger charge is 2.13. The summed E-state index contributed by atoms with van der Waals surface area (Å²) in [6, 6.07) is 0.421. The highest BCUT2D eigenvalue weighted by Crippen LogP contribution is 2.15. The van der Waals surface area contributed by atoms with Crippen LogP contribution in [0.2, 0.25) is 0 Å². The average molecular weight is 250 g/mol. The van der Waals surface area contributed by atoms with Gasteiger partial charge >= 0.3 is 0 Å². The molecule has 0 spiro atoms. The molecule has 4 nitrogen and oxygen atoms in total. The van der Waals surface area contributed by atoms with Crippen LogP contribution in [0.5, 0.6) is 0 Å². The molecule has 0 saturated heterocycles. The molecule has 0 saturated carbocycles. The number of unbranched alkanes of at least 4 members (excludes halogenated alkanes) is 2. The molecule has 0 bridgehead atoms. The molecule has 1 rings (SSSR count). The van der Waals surface area contributed by atoms with Crippen molar-refractivity contribution in [1.29, 1.82) is 0 Å². The molecule has 0 aliphatic rings. The van der Waals surface area contributed by atoms with E-state index < -0.39 is 0 Å². The van der Waals surface area contributed by atoms with Crippen molar-refractivity contribution in [2.45, 2.75) is 59.5 Å². The highest BCUT2D eigenvalue weighted by atomic mass is 15.3. The molecule has 0 aliphatic heterocycles. The van der Waals surface area contributed by atoms with E-state index in [0.29, 0.717) is 12.6 Å². The first-order chi connectivity index (χ1) is 8.60. The minimum absolute atomic E-state index is 0.421. The van der Waals surface area contributed by atoms with Crippen molar-refractivity contribution in [3.63, 3.8) is 0 Å². The van der Waals surface area contributed by atoms with Crippen LogP contribution in [0.4, 0.5) is 5.95 Å². The maximum absolute atomic E-state index is 5.64. The molecule has 1 aromatic heterocycles. The van der Waals surface area contributed by atoms with Gasteiger partial charge in [0.1, 0.15) is 0 Å². The van der Waals surface area contributed by atoms with Crippen molar-refractivity contribution in [2.24, 2.45) is 5.73 Å². The van der Waals surface area contributed by atoms with Gasteiger partial charge in [-0.1, -0.05) is 19.8 Å². The quantitative estimate of drug-likeness (QED) is 0.756. The van der Waals surface area contributed by atoms with E-state index in [4.69, 9.17) is 5.73 Å². The Hall–Kier alpha value is -1.16. The van der Waals surface area contributed by atoms with Crippen LogP contribution >= 0.6 is 0 Å². The van der Waals surface area contributed by atoms with E-state index in [0.717, 1.165) is 23.8 Å². The van der Waals surface area contributed by atoms with Gasteiger partial charge in [0.05, 0.1) is 0 Å². The molecule has 0 radical (unpaired) electrons. The highest BCUT2D eigenvalue weighted by molar-refractivity contribution is 5.33. The lowest BCUT2D eigenvalue weighted by Crippen LogP contribution is -2.33. The van der Waals surface area contributed by atoms with Crippen LogP contribution in [0, 0.1) is 6.92 Å². The van der Waals surface area contributed by atoms with E-state index in [-0.39, 0.29) is 0 Å². The van der Waals surface area contributed by atoms with Gasteiger partial charge in [0.25, 0.3) is 0 Å². The molecular weight excluding hydrogens is 224 g/mol. The maximum Gasteiger partial charge on any atom is 0.225 e. The molecule has 1 aromatic rings. The Kier molecular flexibility index (Phi) is 6.05. The van der Waals surface area contributed by atoms with Gasteiger partial charge < -0.3 is 10.6 Å². The second-order valence-electron chi connectivity index (χ2n) is 4.98. The Morgan fingerprint density at radius 1 is 1.33 bits per heavy atom. The standard InChI is InChI=1S/C14H26N4/c1-5-6-7-8-18(11(2)3)14-16-10-13(9-15)12(4)17-14/h10-11H,5-9,15H2,1-4H3. The number of anilines is 1. The largest absolute Gasteiger partial charge is 0.338 e. The van der Waals surface area contributed by atoms with E-state index in [1.54, 1.807) is 0 Å². The first-order valence-corrected chi connectivity index (χ1v) is 6.89. The molecule has 2 N–H and O–H groups in total. The molecule has 0 aromatic carbocycles. The number of hydrogen-bond acceptors (Lipinski definition) is 4. The van der Waals surface area contributed by atoms with Crippen LogP contribution in [0.3, 0.4) is 0 Å². The summed E-state index contributed by atoms with van der Waals surface area (Å²) in [5, 5.41) is 0. The third-order valence-corrected chi connectivity index (χ3v) is 3.17.